The molecule has 1 amide bonds. The van der Waals surface area contributed by atoms with Gasteiger partial charge in [0.15, 0.2) is 0 Å². The van der Waals surface area contributed by atoms with Crippen LogP contribution in [0, 0.1) is 0 Å². The normalized spacial score (nSPS) is 17.0. The van der Waals surface area contributed by atoms with Crippen LogP contribution in [0.3, 0.4) is 0 Å². The monoisotopic (exact) mass is 366 g/mol. The molecule has 0 bridgehead atoms. The molecule has 1 aromatic rings. The molecule has 21 heavy (non-hydrogen) atoms. The van der Waals surface area contributed by atoms with E-state index < -0.39 is 17.8 Å². The topological polar surface area (TPSA) is 43.8 Å². The highest BCUT2D eigenvalue weighted by Crippen LogP contribution is 2.32. The minimum Gasteiger partial charge on any atom is -0.465 e. The van der Waals surface area contributed by atoms with Crippen LogP contribution in [-0.2, 0) is 12.7 Å². The molecule has 4 nitrogen and oxygen atoms in total. The molecule has 0 saturated carbocycles. The zero-order valence-electron chi connectivity index (χ0n) is 11.0. The van der Waals surface area contributed by atoms with Crippen molar-refractivity contribution in [2.45, 2.75) is 12.7 Å². The fourth-order valence-electron chi connectivity index (χ4n) is 2.19. The predicted octanol–water partition coefficient (Wildman–Crippen LogP) is 3.26. The average Bonchev–Trinajstić information content (AvgIpc) is 2.40. The van der Waals surface area contributed by atoms with E-state index in [1.807, 2.05) is 4.90 Å². The van der Waals surface area contributed by atoms with Gasteiger partial charge in [0.1, 0.15) is 0 Å². The third kappa shape index (κ3) is 4.10. The van der Waals surface area contributed by atoms with Gasteiger partial charge in [0.05, 0.1) is 5.56 Å². The van der Waals surface area contributed by atoms with Gasteiger partial charge in [0.2, 0.25) is 0 Å². The molecule has 0 spiro atoms. The van der Waals surface area contributed by atoms with Crippen LogP contribution in [0.5, 0.6) is 0 Å². The van der Waals surface area contributed by atoms with Gasteiger partial charge in [-0.1, -0.05) is 22.0 Å². The number of carbonyl (C=O) groups is 1. The lowest BCUT2D eigenvalue weighted by Gasteiger charge is -2.33. The predicted molar refractivity (Wildman–Crippen MR) is 74.0 cm³/mol. The molecular formula is C13H14BrF3N2O2. The second kappa shape index (κ2) is 6.23. The van der Waals surface area contributed by atoms with E-state index in [0.29, 0.717) is 37.2 Å². The number of hydrogen-bond acceptors (Lipinski definition) is 2. The number of carboxylic acid groups (broad SMARTS) is 1. The molecule has 2 rings (SSSR count). The molecular weight excluding hydrogens is 353 g/mol. The molecule has 1 aromatic carbocycles. The van der Waals surface area contributed by atoms with E-state index in [4.69, 9.17) is 5.11 Å². The SMILES string of the molecule is O=C(O)N1CCN(Cc2ccc(C(F)(F)F)cc2Br)CC1. The van der Waals surface area contributed by atoms with Crippen molar-refractivity contribution < 1.29 is 23.1 Å². The minimum absolute atomic E-state index is 0.410. The number of amides is 1. The standard InChI is InChI=1S/C13H14BrF3N2O2/c14-11-7-10(13(15,16)17)2-1-9(11)8-18-3-5-19(6-4-18)12(20)21/h1-2,7H,3-6,8H2,(H,20,21). The van der Waals surface area contributed by atoms with Crippen molar-refractivity contribution in [3.63, 3.8) is 0 Å². The van der Waals surface area contributed by atoms with E-state index in [1.54, 1.807) is 0 Å². The highest BCUT2D eigenvalue weighted by atomic mass is 79.9. The van der Waals surface area contributed by atoms with Crippen LogP contribution >= 0.6 is 15.9 Å². The second-order valence-electron chi connectivity index (χ2n) is 4.85. The van der Waals surface area contributed by atoms with Gasteiger partial charge >= 0.3 is 12.3 Å². The van der Waals surface area contributed by atoms with Gasteiger partial charge in [-0.15, -0.1) is 0 Å². The Morgan fingerprint density at radius 2 is 1.86 bits per heavy atom. The molecule has 1 heterocycles. The van der Waals surface area contributed by atoms with Gasteiger partial charge in [-0.2, -0.15) is 13.2 Å². The van der Waals surface area contributed by atoms with Crippen molar-refractivity contribution in [1.29, 1.82) is 0 Å². The molecule has 1 N–H and O–H groups in total. The Bertz CT molecular complexity index is 529. The summed E-state index contributed by atoms with van der Waals surface area (Å²) in [5.41, 5.74) is 0.0700. The van der Waals surface area contributed by atoms with Crippen LogP contribution in [0.15, 0.2) is 22.7 Å². The molecule has 0 atom stereocenters. The first-order chi connectivity index (χ1) is 9.77. The number of nitrogens with zero attached hydrogens (tertiary/aromatic N) is 2. The number of hydrogen-bond donors (Lipinski definition) is 1. The fourth-order valence-corrected chi connectivity index (χ4v) is 2.69. The summed E-state index contributed by atoms with van der Waals surface area (Å²) in [6.07, 6.45) is -5.29. The maximum Gasteiger partial charge on any atom is 0.416 e. The minimum atomic E-state index is -4.35. The molecule has 1 fully saturated rings. The molecule has 0 aliphatic carbocycles. The van der Waals surface area contributed by atoms with Gasteiger partial charge in [-0.25, -0.2) is 4.79 Å². The van der Waals surface area contributed by atoms with E-state index in [2.05, 4.69) is 15.9 Å². The van der Waals surface area contributed by atoms with Crippen LogP contribution in [0.2, 0.25) is 0 Å². The van der Waals surface area contributed by atoms with E-state index in [0.717, 1.165) is 17.7 Å². The van der Waals surface area contributed by atoms with E-state index in [1.165, 1.54) is 11.0 Å². The Kier molecular flexibility index (Phi) is 4.77. The van der Waals surface area contributed by atoms with Gasteiger partial charge < -0.3 is 10.0 Å². The van der Waals surface area contributed by atoms with E-state index in [9.17, 15) is 18.0 Å². The molecule has 0 unspecified atom stereocenters. The summed E-state index contributed by atoms with van der Waals surface area (Å²) in [4.78, 5) is 14.2. The quantitative estimate of drug-likeness (QED) is 0.873. The van der Waals surface area contributed by atoms with Crippen LogP contribution in [0.4, 0.5) is 18.0 Å². The largest absolute Gasteiger partial charge is 0.465 e. The van der Waals surface area contributed by atoms with Gasteiger partial charge in [0, 0.05) is 37.2 Å². The Morgan fingerprint density at radius 1 is 1.24 bits per heavy atom. The Hall–Kier alpha value is -1.28. The number of rotatable bonds is 2. The molecule has 1 aliphatic rings. The first kappa shape index (κ1) is 16.1. The van der Waals surface area contributed by atoms with E-state index in [-0.39, 0.29) is 0 Å². The van der Waals surface area contributed by atoms with Crippen LogP contribution in [-0.4, -0.2) is 47.2 Å². The lowest BCUT2D eigenvalue weighted by atomic mass is 10.1. The van der Waals surface area contributed by atoms with Crippen molar-refractivity contribution in [2.75, 3.05) is 26.2 Å². The van der Waals surface area contributed by atoms with Crippen molar-refractivity contribution >= 4 is 22.0 Å². The zero-order valence-corrected chi connectivity index (χ0v) is 12.6. The maximum absolute atomic E-state index is 12.6. The third-order valence-corrected chi connectivity index (χ3v) is 4.16. The smallest absolute Gasteiger partial charge is 0.416 e. The average molecular weight is 367 g/mol. The highest BCUT2D eigenvalue weighted by molar-refractivity contribution is 9.10. The summed E-state index contributed by atoms with van der Waals surface area (Å²) < 4.78 is 38.2. The number of halogens is 4. The van der Waals surface area contributed by atoms with Crippen molar-refractivity contribution in [2.24, 2.45) is 0 Å². The van der Waals surface area contributed by atoms with Gasteiger partial charge in [-0.05, 0) is 17.7 Å². The zero-order chi connectivity index (χ0) is 15.6. The summed E-state index contributed by atoms with van der Waals surface area (Å²) >= 11 is 3.17. The summed E-state index contributed by atoms with van der Waals surface area (Å²) in [5, 5.41) is 8.86. The summed E-state index contributed by atoms with van der Waals surface area (Å²) in [6.45, 7) is 2.45. The summed E-state index contributed by atoms with van der Waals surface area (Å²) in [6, 6.07) is 3.59. The highest BCUT2D eigenvalue weighted by Gasteiger charge is 2.31. The van der Waals surface area contributed by atoms with Gasteiger partial charge in [-0.3, -0.25) is 4.90 Å². The number of benzene rings is 1. The van der Waals surface area contributed by atoms with Crippen LogP contribution in [0.25, 0.3) is 0 Å². The summed E-state index contributed by atoms with van der Waals surface area (Å²) in [7, 11) is 0. The molecule has 0 radical (unpaired) electrons. The summed E-state index contributed by atoms with van der Waals surface area (Å²) in [5.74, 6) is 0. The van der Waals surface area contributed by atoms with Crippen molar-refractivity contribution in [3.8, 4) is 0 Å². The number of piperazine rings is 1. The maximum atomic E-state index is 12.6. The Labute approximate surface area is 128 Å². The molecule has 116 valence electrons. The first-order valence-corrected chi connectivity index (χ1v) is 7.12. The lowest BCUT2D eigenvalue weighted by Crippen LogP contribution is -2.47. The Morgan fingerprint density at radius 3 is 2.33 bits per heavy atom. The second-order valence-corrected chi connectivity index (χ2v) is 5.70. The fraction of sp³-hybridized carbons (Fsp3) is 0.462. The Balaban J connectivity index is 2.00. The van der Waals surface area contributed by atoms with Crippen molar-refractivity contribution in [3.05, 3.63) is 33.8 Å². The van der Waals surface area contributed by atoms with Crippen molar-refractivity contribution in [1.82, 2.24) is 9.80 Å². The van der Waals surface area contributed by atoms with Gasteiger partial charge in [0.25, 0.3) is 0 Å². The lowest BCUT2D eigenvalue weighted by molar-refractivity contribution is -0.137. The van der Waals surface area contributed by atoms with Crippen LogP contribution < -0.4 is 0 Å². The molecule has 1 aliphatic heterocycles. The molecule has 0 aromatic heterocycles. The molecule has 8 heteroatoms. The number of alkyl halides is 3. The van der Waals surface area contributed by atoms with E-state index >= 15 is 0 Å². The third-order valence-electron chi connectivity index (χ3n) is 3.42. The molecule has 1 saturated heterocycles. The van der Waals surface area contributed by atoms with Crippen LogP contribution in [0.1, 0.15) is 11.1 Å². The first-order valence-electron chi connectivity index (χ1n) is 6.33.